The van der Waals surface area contributed by atoms with Crippen LogP contribution in [0.3, 0.4) is 0 Å². The van der Waals surface area contributed by atoms with E-state index in [1.165, 1.54) is 50.4 Å². The Morgan fingerprint density at radius 1 is 0.802 bits per heavy atom. The molecule has 0 saturated carbocycles. The normalized spacial score (nSPS) is 23.4. The van der Waals surface area contributed by atoms with Crippen molar-refractivity contribution in [3.8, 4) is 10.7 Å². The van der Waals surface area contributed by atoms with E-state index < -0.39 is 193 Å². The Bertz CT molecular complexity index is 3540. The fourth-order valence-corrected chi connectivity index (χ4v) is 12.1. The molecular formula is C55H85N17O25S4. The third-order valence-electron chi connectivity index (χ3n) is 15.3. The number of hydrogen-bond acceptors (Lipinski definition) is 34. The van der Waals surface area contributed by atoms with Crippen molar-refractivity contribution in [2.24, 2.45) is 28.9 Å². The summed E-state index contributed by atoms with van der Waals surface area (Å²) in [6.07, 6.45) is -20.0. The minimum atomic E-state index is -4.92. The molecule has 0 aromatic carbocycles. The zero-order valence-electron chi connectivity index (χ0n) is 55.0. The molecule has 4 aromatic heterocycles. The van der Waals surface area contributed by atoms with E-state index in [1.807, 2.05) is 0 Å². The molecule has 42 nitrogen and oxygen atoms in total. The van der Waals surface area contributed by atoms with Crippen LogP contribution in [0.2, 0.25) is 0 Å². The van der Waals surface area contributed by atoms with Crippen molar-refractivity contribution >= 4 is 97.2 Å². The highest BCUT2D eigenvalue weighted by Gasteiger charge is 2.54. The molecule has 101 heavy (non-hydrogen) atoms. The van der Waals surface area contributed by atoms with Crippen LogP contribution in [0.4, 0.5) is 10.6 Å². The predicted molar refractivity (Wildman–Crippen MR) is 351 cm³/mol. The van der Waals surface area contributed by atoms with E-state index in [4.69, 9.17) is 69.9 Å². The lowest BCUT2D eigenvalue weighted by atomic mass is 9.96. The molecular weight excluding hydrogens is 1430 g/mol. The lowest BCUT2D eigenvalue weighted by Crippen LogP contribution is -2.65. The van der Waals surface area contributed by atoms with E-state index >= 15 is 4.79 Å². The molecule has 0 aliphatic carbocycles. The summed E-state index contributed by atoms with van der Waals surface area (Å²) in [4.78, 5) is 131. The molecule has 8 amide bonds. The lowest BCUT2D eigenvalue weighted by molar-refractivity contribution is -0.372. The van der Waals surface area contributed by atoms with Crippen LogP contribution in [0.25, 0.3) is 10.7 Å². The first kappa shape index (κ1) is 84.2. The average molecular weight is 1510 g/mol. The van der Waals surface area contributed by atoms with Crippen molar-refractivity contribution in [1.29, 1.82) is 0 Å². The van der Waals surface area contributed by atoms with Gasteiger partial charge in [-0.05, 0) is 31.7 Å². The number of carbonyl (C=O) groups excluding carboxylic acids is 8. The molecule has 19 atom stereocenters. The molecule has 2 aliphatic rings. The SMILES string of the molecule is Cc1c(N)nc([C@H](CC(N)=O)NC[C@H](N)C(N)=O)nc1C(=O)N[C@H](C(=O)N[C@H](C)[C@@H](O)[C@H](C)C(=O)N[C@H](C(=O)NCCc1nc(-c2nc(C(=O)NCCC[S+](C)C)cs2)cs1)[C@@H](C)O)[C@@H](OC1OC(CO)C(O)C(O)C1OC1OC(CO)C(O)C(OC(N)=O)C1O)c1cnc[nH]1.O=S(=O)([O-])O. The van der Waals surface area contributed by atoms with Gasteiger partial charge in [0, 0.05) is 55.2 Å². The Labute approximate surface area is 586 Å². The summed E-state index contributed by atoms with van der Waals surface area (Å²) in [5.74, 6) is -7.69. The zero-order valence-corrected chi connectivity index (χ0v) is 58.2. The summed E-state index contributed by atoms with van der Waals surface area (Å²) < 4.78 is 61.6. The van der Waals surface area contributed by atoms with E-state index in [0.29, 0.717) is 22.3 Å². The van der Waals surface area contributed by atoms with E-state index in [0.717, 1.165) is 24.7 Å². The standard InChI is InChI=1S/C55H83N17O21S3.H2O4S/c1-20-33(69-46(72-44(20)58)25(12-31(57)76)64-13-24(56)45(59)82)50(86)71-35(41(26-14-61-19-65-26)91-54-43(39(80)37(78)29(15-73)90-54)92-53-40(81)42(93-55(60)88)38(79)30(16-74)89-53)51(87)66-22(3)36(77)21(2)47(83)70-34(23(4)75)49(85)63-10-8-32-67-28(18-94-32)52-68-27(17-95-52)48(84)62-9-7-11-96(5)6;1-5(2,3)4/h14,17-19,21-25,29-30,34-43,53-54,64,73-75,77-81H,7-13,15-16,56H2,1-6H3,(H13-,57,58,59,60,61,62,63,65,66,69,70,71,72,76,82,83,84,85,86,87,88);(H2,1,2,3,4)/t21-,22+,23+,24-,25-,29?,30?,34-,35-,36-,37?,38?,39?,40?,41-,42?,43?,53?,54?;/m0./s1. The monoisotopic (exact) mass is 1510 g/mol. The summed E-state index contributed by atoms with van der Waals surface area (Å²) >= 11 is 2.52. The number of nitrogen functional groups attached to an aromatic ring is 1. The largest absolute Gasteiger partial charge is 0.726 e. The number of aromatic amines is 1. The number of anilines is 1. The number of carbonyl (C=O) groups is 8. The second-order valence-corrected chi connectivity index (χ2v) is 28.3. The van der Waals surface area contributed by atoms with E-state index in [9.17, 15) is 74.4 Å². The number of nitrogens with one attached hydrogen (secondary N) is 7. The second-order valence-electron chi connectivity index (χ2n) is 23.2. The number of rotatable bonds is 35. The average Bonchev–Trinajstić information content (AvgIpc) is 1.16. The number of primary amides is 3. The number of aliphatic hydroxyl groups is 8. The highest BCUT2D eigenvalue weighted by Crippen LogP contribution is 2.35. The molecule has 6 heterocycles. The maximum atomic E-state index is 15.2. The van der Waals surface area contributed by atoms with Crippen molar-refractivity contribution in [1.82, 2.24) is 61.8 Å². The molecule has 2 fully saturated rings. The first-order valence-electron chi connectivity index (χ1n) is 30.5. The van der Waals surface area contributed by atoms with Gasteiger partial charge >= 0.3 is 6.09 Å². The molecule has 6 rings (SSSR count). The number of imidazole rings is 1. The maximum absolute atomic E-state index is 15.2. The summed E-state index contributed by atoms with van der Waals surface area (Å²) in [7, 11) is -4.66. The molecule has 10 unspecified atom stereocenters. The Morgan fingerprint density at radius 3 is 2.05 bits per heavy atom. The van der Waals surface area contributed by atoms with Crippen molar-refractivity contribution < 1.29 is 120 Å². The number of amides is 8. The van der Waals surface area contributed by atoms with Gasteiger partial charge in [-0.25, -0.2) is 38.1 Å². The molecule has 4 aromatic rings. The van der Waals surface area contributed by atoms with Crippen LogP contribution in [0.5, 0.6) is 0 Å². The number of ether oxygens (including phenoxy) is 5. The van der Waals surface area contributed by atoms with Crippen LogP contribution in [-0.2, 0) is 75.4 Å². The number of H-pyrrole nitrogens is 1. The van der Waals surface area contributed by atoms with Gasteiger partial charge in [-0.15, -0.1) is 22.7 Å². The van der Waals surface area contributed by atoms with E-state index in [1.54, 1.807) is 10.8 Å². The third-order valence-corrected chi connectivity index (χ3v) is 18.2. The molecule has 564 valence electrons. The van der Waals surface area contributed by atoms with Gasteiger partial charge < -0.3 is 135 Å². The van der Waals surface area contributed by atoms with Crippen molar-refractivity contribution in [3.05, 3.63) is 56.8 Å². The van der Waals surface area contributed by atoms with Gasteiger partial charge in [0.05, 0.1) is 85.2 Å². The van der Waals surface area contributed by atoms with Crippen molar-refractivity contribution in [3.63, 3.8) is 0 Å². The van der Waals surface area contributed by atoms with Crippen LogP contribution < -0.4 is 60.6 Å². The summed E-state index contributed by atoms with van der Waals surface area (Å²) in [6.45, 7) is 3.18. The first-order chi connectivity index (χ1) is 47.3. The van der Waals surface area contributed by atoms with Gasteiger partial charge in [-0.2, -0.15) is 0 Å². The van der Waals surface area contributed by atoms with Gasteiger partial charge in [0.25, 0.3) is 11.8 Å². The van der Waals surface area contributed by atoms with Gasteiger partial charge in [-0.3, -0.25) is 38.1 Å². The van der Waals surface area contributed by atoms with Crippen LogP contribution >= 0.6 is 22.7 Å². The molecule has 0 spiro atoms. The van der Waals surface area contributed by atoms with Gasteiger partial charge in [0.15, 0.2) is 18.7 Å². The number of thiazole rings is 2. The van der Waals surface area contributed by atoms with Crippen LogP contribution in [0.15, 0.2) is 23.3 Å². The summed E-state index contributed by atoms with van der Waals surface area (Å²) in [5, 5.41) is 108. The topological polar surface area (TPSA) is 705 Å². The summed E-state index contributed by atoms with van der Waals surface area (Å²) in [6, 6.07) is -7.85. The molecule has 0 radical (unpaired) electrons. The van der Waals surface area contributed by atoms with Crippen LogP contribution in [0, 0.1) is 12.8 Å². The maximum Gasteiger partial charge on any atom is 0.404 e. The molecule has 46 heteroatoms. The molecule has 2 aliphatic heterocycles. The second kappa shape index (κ2) is 38.7. The predicted octanol–water partition coefficient (Wildman–Crippen LogP) is -8.70. The van der Waals surface area contributed by atoms with Crippen LogP contribution in [-0.4, -0.2) is 285 Å². The molecule has 0 bridgehead atoms. The highest BCUT2D eigenvalue weighted by molar-refractivity contribution is 7.95. The Hall–Kier alpha value is -7.43. The molecule has 2 saturated heterocycles. The van der Waals surface area contributed by atoms with Gasteiger partial charge in [0.2, 0.25) is 39.9 Å². The minimum absolute atomic E-state index is 0.00498. The number of aromatic nitrogens is 6. The van der Waals surface area contributed by atoms with E-state index in [2.05, 4.69) is 74.3 Å². The fraction of sp³-hybridized carbons (Fsp3) is 0.618. The summed E-state index contributed by atoms with van der Waals surface area (Å²) in [5.41, 5.74) is 28.1. The molecule has 26 N–H and O–H groups in total. The van der Waals surface area contributed by atoms with Gasteiger partial charge in [-0.1, -0.05) is 6.92 Å². The quantitative estimate of drug-likeness (QED) is 0.00880. The van der Waals surface area contributed by atoms with Crippen molar-refractivity contribution in [2.45, 2.75) is 157 Å². The fourth-order valence-electron chi connectivity index (χ4n) is 9.80. The Kier molecular flexibility index (Phi) is 32.3. The van der Waals surface area contributed by atoms with Crippen molar-refractivity contribution in [2.75, 3.05) is 56.8 Å². The Morgan fingerprint density at radius 2 is 1.46 bits per heavy atom. The lowest BCUT2D eigenvalue weighted by Gasteiger charge is -2.47. The number of aliphatic hydroxyl groups excluding tert-OH is 8. The van der Waals surface area contributed by atoms with Crippen LogP contribution in [0.1, 0.15) is 88.8 Å². The number of nitrogens with two attached hydrogens (primary N) is 5. The minimum Gasteiger partial charge on any atom is -0.726 e. The first-order valence-corrected chi connectivity index (χ1v) is 35.9. The zero-order chi connectivity index (χ0) is 75.5. The highest BCUT2D eigenvalue weighted by atomic mass is 32.3. The number of hydrogen-bond donors (Lipinski definition) is 21. The number of nitrogens with zero attached hydrogens (tertiary/aromatic N) is 5. The Balaban J connectivity index is 0.00000354. The van der Waals surface area contributed by atoms with Gasteiger partial charge in [0.1, 0.15) is 100 Å². The smallest absolute Gasteiger partial charge is 0.404 e. The van der Waals surface area contributed by atoms with E-state index in [-0.39, 0.29) is 64.9 Å². The third kappa shape index (κ3) is 24.6.